The summed E-state index contributed by atoms with van der Waals surface area (Å²) in [6, 6.07) is 11.5. The van der Waals surface area contributed by atoms with Crippen LogP contribution in [0, 0.1) is 5.82 Å². The number of primary amides is 1. The van der Waals surface area contributed by atoms with E-state index in [1.54, 1.807) is 30.3 Å². The van der Waals surface area contributed by atoms with E-state index in [-0.39, 0.29) is 17.1 Å². The van der Waals surface area contributed by atoms with Gasteiger partial charge in [-0.15, -0.1) is 0 Å². The molecule has 0 saturated heterocycles. The summed E-state index contributed by atoms with van der Waals surface area (Å²) in [7, 11) is 0. The van der Waals surface area contributed by atoms with Gasteiger partial charge in [-0.3, -0.25) is 9.59 Å². The van der Waals surface area contributed by atoms with Gasteiger partial charge in [0.1, 0.15) is 11.5 Å². The highest BCUT2D eigenvalue weighted by Crippen LogP contribution is 2.33. The Morgan fingerprint density at radius 3 is 2.32 bits per heavy atom. The minimum absolute atomic E-state index is 0.0913. The van der Waals surface area contributed by atoms with Crippen LogP contribution in [0.1, 0.15) is 26.5 Å². The number of amides is 2. The van der Waals surface area contributed by atoms with Gasteiger partial charge in [-0.25, -0.2) is 9.07 Å². The van der Waals surface area contributed by atoms with E-state index in [1.807, 2.05) is 0 Å². The van der Waals surface area contributed by atoms with Crippen molar-refractivity contribution >= 4 is 17.5 Å². The number of alkyl halides is 3. The van der Waals surface area contributed by atoms with Crippen molar-refractivity contribution in [1.29, 1.82) is 0 Å². The van der Waals surface area contributed by atoms with E-state index in [4.69, 9.17) is 5.73 Å². The number of hydrogen-bond donors (Lipinski definition) is 2. The number of nitrogens with one attached hydrogen (secondary N) is 1. The van der Waals surface area contributed by atoms with E-state index in [0.29, 0.717) is 17.8 Å². The summed E-state index contributed by atoms with van der Waals surface area (Å²) in [6.45, 7) is 0. The lowest BCUT2D eigenvalue weighted by atomic mass is 10.1. The Morgan fingerprint density at radius 1 is 1.04 bits per heavy atom. The fourth-order valence-electron chi connectivity index (χ4n) is 2.45. The molecule has 0 unspecified atom stereocenters. The van der Waals surface area contributed by atoms with E-state index < -0.39 is 29.4 Å². The number of nitrogens with two attached hydrogens (primary N) is 1. The molecule has 0 saturated carbocycles. The summed E-state index contributed by atoms with van der Waals surface area (Å²) in [4.78, 5) is 24.0. The van der Waals surface area contributed by atoms with Gasteiger partial charge in [0.05, 0.1) is 11.3 Å². The van der Waals surface area contributed by atoms with Gasteiger partial charge in [0, 0.05) is 11.8 Å². The fourth-order valence-corrected chi connectivity index (χ4v) is 2.45. The van der Waals surface area contributed by atoms with E-state index in [0.717, 1.165) is 16.8 Å². The molecule has 0 aliphatic heterocycles. The zero-order valence-electron chi connectivity index (χ0n) is 14.0. The second-order valence-electron chi connectivity index (χ2n) is 5.67. The molecule has 10 heteroatoms. The fraction of sp³-hybridized carbons (Fsp3) is 0.0556. The van der Waals surface area contributed by atoms with Crippen LogP contribution in [0.5, 0.6) is 0 Å². The monoisotopic (exact) mass is 392 g/mol. The van der Waals surface area contributed by atoms with Gasteiger partial charge >= 0.3 is 6.18 Å². The molecular weight excluding hydrogens is 380 g/mol. The highest BCUT2D eigenvalue weighted by atomic mass is 19.4. The first-order valence-corrected chi connectivity index (χ1v) is 7.80. The third kappa shape index (κ3) is 3.85. The third-order valence-electron chi connectivity index (χ3n) is 3.72. The molecule has 3 aromatic rings. The molecule has 0 atom stereocenters. The molecule has 6 nitrogen and oxygen atoms in total. The highest BCUT2D eigenvalue weighted by molar-refractivity contribution is 6.04. The van der Waals surface area contributed by atoms with Crippen LogP contribution < -0.4 is 11.1 Å². The molecule has 0 aliphatic rings. The number of benzene rings is 2. The number of anilines is 1. The van der Waals surface area contributed by atoms with Crippen molar-refractivity contribution in [2.45, 2.75) is 6.18 Å². The van der Waals surface area contributed by atoms with Gasteiger partial charge in [0.15, 0.2) is 5.69 Å². The Balaban J connectivity index is 1.93. The van der Waals surface area contributed by atoms with Gasteiger partial charge in [0.25, 0.3) is 11.8 Å². The summed E-state index contributed by atoms with van der Waals surface area (Å²) in [6.07, 6.45) is -4.92. The molecule has 0 spiro atoms. The summed E-state index contributed by atoms with van der Waals surface area (Å²) >= 11 is 0. The lowest BCUT2D eigenvalue weighted by Gasteiger charge is -2.10. The molecule has 0 bridgehead atoms. The first kappa shape index (κ1) is 19.1. The Bertz CT molecular complexity index is 1050. The van der Waals surface area contributed by atoms with Gasteiger partial charge in [-0.2, -0.15) is 18.3 Å². The van der Waals surface area contributed by atoms with Crippen molar-refractivity contribution in [1.82, 2.24) is 9.78 Å². The Kier molecular flexibility index (Phi) is 4.87. The van der Waals surface area contributed by atoms with E-state index >= 15 is 0 Å². The van der Waals surface area contributed by atoms with Crippen LogP contribution in [-0.4, -0.2) is 21.6 Å². The number of carbonyl (C=O) groups excluding carboxylic acids is 2. The maximum atomic E-state index is 13.4. The first-order valence-electron chi connectivity index (χ1n) is 7.80. The third-order valence-corrected chi connectivity index (χ3v) is 3.72. The normalized spacial score (nSPS) is 11.3. The van der Waals surface area contributed by atoms with Crippen LogP contribution >= 0.6 is 0 Å². The van der Waals surface area contributed by atoms with Crippen molar-refractivity contribution in [3.8, 4) is 5.69 Å². The van der Waals surface area contributed by atoms with Gasteiger partial charge in [-0.05, 0) is 30.3 Å². The number of nitrogens with zero attached hydrogens (tertiary/aromatic N) is 2. The number of halogens is 4. The van der Waals surface area contributed by atoms with Crippen LogP contribution in [0.4, 0.5) is 23.2 Å². The first-order chi connectivity index (χ1) is 13.2. The predicted molar refractivity (Wildman–Crippen MR) is 91.4 cm³/mol. The molecule has 28 heavy (non-hydrogen) atoms. The topological polar surface area (TPSA) is 90.0 Å². The van der Waals surface area contributed by atoms with Gasteiger partial charge in [0.2, 0.25) is 0 Å². The van der Waals surface area contributed by atoms with Crippen LogP contribution in [-0.2, 0) is 6.18 Å². The number of carbonyl (C=O) groups is 2. The molecule has 3 rings (SSSR count). The summed E-state index contributed by atoms with van der Waals surface area (Å²) in [5.74, 6) is -3.21. The van der Waals surface area contributed by atoms with Crippen molar-refractivity contribution in [2.75, 3.05) is 5.32 Å². The Hall–Kier alpha value is -3.69. The number of para-hydroxylation sites is 1. The summed E-state index contributed by atoms with van der Waals surface area (Å²) in [5, 5.41) is 6.19. The molecule has 0 fully saturated rings. The quantitative estimate of drug-likeness (QED) is 0.667. The van der Waals surface area contributed by atoms with E-state index in [9.17, 15) is 27.2 Å². The number of aromatic nitrogens is 2. The average molecular weight is 392 g/mol. The van der Waals surface area contributed by atoms with Crippen LogP contribution in [0.3, 0.4) is 0 Å². The summed E-state index contributed by atoms with van der Waals surface area (Å²) < 4.78 is 52.9. The minimum atomic E-state index is -4.92. The van der Waals surface area contributed by atoms with Crippen LogP contribution in [0.25, 0.3) is 5.69 Å². The van der Waals surface area contributed by atoms with Crippen LogP contribution in [0.2, 0.25) is 0 Å². The molecule has 0 radical (unpaired) electrons. The smallest absolute Gasteiger partial charge is 0.364 e. The lowest BCUT2D eigenvalue weighted by Crippen LogP contribution is -2.16. The average Bonchev–Trinajstić information content (AvgIpc) is 3.09. The SMILES string of the molecule is NC(=O)c1cc(C(=O)Nc2ccc(F)c(C(F)(F)F)c2)nn1-c1ccccc1. The predicted octanol–water partition coefficient (Wildman–Crippen LogP) is 3.38. The lowest BCUT2D eigenvalue weighted by molar-refractivity contribution is -0.139. The molecule has 2 amide bonds. The second-order valence-corrected chi connectivity index (χ2v) is 5.67. The maximum Gasteiger partial charge on any atom is 0.419 e. The molecule has 1 heterocycles. The number of rotatable bonds is 4. The van der Waals surface area contributed by atoms with Gasteiger partial charge in [-0.1, -0.05) is 18.2 Å². The molecule has 2 aromatic carbocycles. The van der Waals surface area contributed by atoms with Crippen molar-refractivity contribution in [3.63, 3.8) is 0 Å². The maximum absolute atomic E-state index is 13.4. The molecule has 0 aliphatic carbocycles. The van der Waals surface area contributed by atoms with Crippen LogP contribution in [0.15, 0.2) is 54.6 Å². The zero-order chi connectivity index (χ0) is 20.5. The Labute approximate surface area is 155 Å². The van der Waals surface area contributed by atoms with Crippen molar-refractivity contribution in [2.24, 2.45) is 5.73 Å². The van der Waals surface area contributed by atoms with Gasteiger partial charge < -0.3 is 11.1 Å². The van der Waals surface area contributed by atoms with Crippen molar-refractivity contribution < 1.29 is 27.2 Å². The molecule has 144 valence electrons. The van der Waals surface area contributed by atoms with Crippen molar-refractivity contribution in [3.05, 3.63) is 77.4 Å². The number of hydrogen-bond acceptors (Lipinski definition) is 3. The minimum Gasteiger partial charge on any atom is -0.364 e. The largest absolute Gasteiger partial charge is 0.419 e. The molecule has 3 N–H and O–H groups in total. The molecular formula is C18H12F4N4O2. The van der Waals surface area contributed by atoms with E-state index in [1.165, 1.54) is 0 Å². The summed E-state index contributed by atoms with van der Waals surface area (Å²) in [5.41, 5.74) is 3.61. The van der Waals surface area contributed by atoms with E-state index in [2.05, 4.69) is 10.4 Å². The standard InChI is InChI=1S/C18H12F4N4O2/c19-13-7-6-10(8-12(13)18(20,21)22)24-17(28)14-9-15(16(23)27)26(25-14)11-4-2-1-3-5-11/h1-9H,(H2,23,27)(H,24,28). The Morgan fingerprint density at radius 2 is 1.71 bits per heavy atom. The molecule has 1 aromatic heterocycles. The zero-order valence-corrected chi connectivity index (χ0v) is 14.0. The highest BCUT2D eigenvalue weighted by Gasteiger charge is 2.34. The second kappa shape index (κ2) is 7.14.